The Morgan fingerprint density at radius 3 is 2.89 bits per heavy atom. The molecule has 2 nitrogen and oxygen atoms in total. The average Bonchev–Trinajstić information content (AvgIpc) is 2.95. The van der Waals surface area contributed by atoms with Gasteiger partial charge in [0.25, 0.3) is 0 Å². The van der Waals surface area contributed by atoms with E-state index in [0.29, 0.717) is 0 Å². The van der Waals surface area contributed by atoms with Gasteiger partial charge in [-0.15, -0.1) is 11.3 Å². The van der Waals surface area contributed by atoms with E-state index in [-0.39, 0.29) is 6.04 Å². The van der Waals surface area contributed by atoms with E-state index in [1.807, 2.05) is 0 Å². The topological polar surface area (TPSA) is 35.2 Å². The van der Waals surface area contributed by atoms with Gasteiger partial charge in [0, 0.05) is 21.3 Å². The predicted molar refractivity (Wildman–Crippen MR) is 81.4 cm³/mol. The minimum absolute atomic E-state index is 0.134. The smallest absolute Gasteiger partial charge is 0.127 e. The molecule has 1 unspecified atom stereocenters. The standard InChI is InChI=1S/C13H11Br2NOS/c14-9-6-10(18-13(9)15)11(16)8-3-1-2-7-4-5-17-12(7)8/h1-3,6,11H,4-5,16H2. The van der Waals surface area contributed by atoms with Gasteiger partial charge < -0.3 is 10.5 Å². The van der Waals surface area contributed by atoms with E-state index in [0.717, 1.165) is 37.5 Å². The summed E-state index contributed by atoms with van der Waals surface area (Å²) in [5.74, 6) is 0.977. The van der Waals surface area contributed by atoms with Crippen molar-refractivity contribution in [2.75, 3.05) is 6.61 Å². The zero-order chi connectivity index (χ0) is 12.7. The monoisotopic (exact) mass is 387 g/mol. The number of ether oxygens (including phenoxy) is 1. The highest BCUT2D eigenvalue weighted by Gasteiger charge is 2.22. The fraction of sp³-hybridized carbons (Fsp3) is 0.231. The highest BCUT2D eigenvalue weighted by Crippen LogP contribution is 2.40. The van der Waals surface area contributed by atoms with Crippen LogP contribution in [0.15, 0.2) is 32.5 Å². The normalized spacial score (nSPS) is 15.3. The van der Waals surface area contributed by atoms with Gasteiger partial charge >= 0.3 is 0 Å². The molecule has 1 atom stereocenters. The lowest BCUT2D eigenvalue weighted by molar-refractivity contribution is 0.352. The van der Waals surface area contributed by atoms with Gasteiger partial charge in [-0.2, -0.15) is 0 Å². The SMILES string of the molecule is NC(c1cc(Br)c(Br)s1)c1cccc2c1OCC2. The van der Waals surface area contributed by atoms with E-state index < -0.39 is 0 Å². The van der Waals surface area contributed by atoms with Crippen LogP contribution in [0.2, 0.25) is 0 Å². The Balaban J connectivity index is 2.02. The summed E-state index contributed by atoms with van der Waals surface area (Å²) in [4.78, 5) is 1.12. The maximum absolute atomic E-state index is 6.36. The second-order valence-corrected chi connectivity index (χ2v) is 7.44. The van der Waals surface area contributed by atoms with Gasteiger partial charge in [0.1, 0.15) is 5.75 Å². The molecule has 18 heavy (non-hydrogen) atoms. The van der Waals surface area contributed by atoms with E-state index in [4.69, 9.17) is 10.5 Å². The zero-order valence-corrected chi connectivity index (χ0v) is 13.4. The van der Waals surface area contributed by atoms with E-state index in [2.05, 4.69) is 56.1 Å². The summed E-state index contributed by atoms with van der Waals surface area (Å²) in [7, 11) is 0. The molecule has 2 aromatic rings. The number of hydrogen-bond acceptors (Lipinski definition) is 3. The summed E-state index contributed by atoms with van der Waals surface area (Å²) in [5, 5.41) is 0. The molecule has 1 aliphatic heterocycles. The maximum atomic E-state index is 6.36. The molecule has 1 aromatic heterocycles. The van der Waals surface area contributed by atoms with Gasteiger partial charge in [-0.3, -0.25) is 0 Å². The second-order valence-electron chi connectivity index (χ2n) is 4.18. The first-order chi connectivity index (χ1) is 8.66. The van der Waals surface area contributed by atoms with Crippen LogP contribution in [-0.4, -0.2) is 6.61 Å². The van der Waals surface area contributed by atoms with Crippen LogP contribution in [0.1, 0.15) is 22.0 Å². The van der Waals surface area contributed by atoms with Gasteiger partial charge in [0.05, 0.1) is 16.4 Å². The molecule has 1 aliphatic rings. The first-order valence-corrected chi connectivity index (χ1v) is 8.02. The molecular weight excluding hydrogens is 378 g/mol. The van der Waals surface area contributed by atoms with Gasteiger partial charge in [0.15, 0.2) is 0 Å². The Morgan fingerprint density at radius 2 is 2.17 bits per heavy atom. The highest BCUT2D eigenvalue weighted by molar-refractivity contribution is 9.13. The number of fused-ring (bicyclic) bond motifs is 1. The third kappa shape index (κ3) is 2.13. The van der Waals surface area contributed by atoms with Crippen LogP contribution in [0.25, 0.3) is 0 Å². The summed E-state index contributed by atoms with van der Waals surface area (Å²) in [5.41, 5.74) is 8.70. The van der Waals surface area contributed by atoms with Crippen molar-refractivity contribution >= 4 is 43.2 Å². The van der Waals surface area contributed by atoms with Crippen molar-refractivity contribution in [3.63, 3.8) is 0 Å². The number of para-hydroxylation sites is 1. The molecule has 0 bridgehead atoms. The molecule has 0 spiro atoms. The number of thiophene rings is 1. The molecule has 5 heteroatoms. The van der Waals surface area contributed by atoms with Crippen LogP contribution < -0.4 is 10.5 Å². The molecule has 3 rings (SSSR count). The van der Waals surface area contributed by atoms with Crippen molar-refractivity contribution in [1.82, 2.24) is 0 Å². The molecule has 0 saturated heterocycles. The Kier molecular flexibility index (Phi) is 3.49. The molecule has 2 N–H and O–H groups in total. The summed E-state index contributed by atoms with van der Waals surface area (Å²) in [6.07, 6.45) is 0.980. The quantitative estimate of drug-likeness (QED) is 0.834. The van der Waals surface area contributed by atoms with Crippen LogP contribution in [0.4, 0.5) is 0 Å². The molecule has 94 valence electrons. The second kappa shape index (κ2) is 4.96. The van der Waals surface area contributed by atoms with E-state index in [1.165, 1.54) is 5.56 Å². The summed E-state index contributed by atoms with van der Waals surface area (Å²) < 4.78 is 7.83. The Labute approximate surface area is 126 Å². The summed E-state index contributed by atoms with van der Waals surface area (Å²) in [6, 6.07) is 8.15. The third-order valence-electron chi connectivity index (χ3n) is 3.05. The number of halogens is 2. The van der Waals surface area contributed by atoms with Crippen molar-refractivity contribution < 1.29 is 4.74 Å². The maximum Gasteiger partial charge on any atom is 0.127 e. The zero-order valence-electron chi connectivity index (χ0n) is 9.45. The lowest BCUT2D eigenvalue weighted by Crippen LogP contribution is -2.11. The molecule has 0 aliphatic carbocycles. The van der Waals surface area contributed by atoms with Crippen LogP contribution in [0, 0.1) is 0 Å². The molecule has 0 amide bonds. The number of hydrogen-bond donors (Lipinski definition) is 1. The van der Waals surface area contributed by atoms with E-state index >= 15 is 0 Å². The third-order valence-corrected chi connectivity index (χ3v) is 6.39. The molecule has 0 radical (unpaired) electrons. The van der Waals surface area contributed by atoms with Crippen LogP contribution in [0.3, 0.4) is 0 Å². The van der Waals surface area contributed by atoms with Crippen LogP contribution in [-0.2, 0) is 6.42 Å². The van der Waals surface area contributed by atoms with Gasteiger partial charge in [-0.25, -0.2) is 0 Å². The summed E-state index contributed by atoms with van der Waals surface area (Å²) >= 11 is 8.65. The molecule has 1 aromatic carbocycles. The predicted octanol–water partition coefficient (Wildman–Crippen LogP) is 4.26. The van der Waals surface area contributed by atoms with Crippen molar-refractivity contribution in [3.8, 4) is 5.75 Å². The fourth-order valence-electron chi connectivity index (χ4n) is 2.16. The van der Waals surface area contributed by atoms with E-state index in [9.17, 15) is 0 Å². The largest absolute Gasteiger partial charge is 0.493 e. The lowest BCUT2D eigenvalue weighted by atomic mass is 10.0. The number of nitrogens with two attached hydrogens (primary N) is 1. The van der Waals surface area contributed by atoms with Crippen molar-refractivity contribution in [2.24, 2.45) is 5.73 Å². The van der Waals surface area contributed by atoms with Crippen molar-refractivity contribution in [2.45, 2.75) is 12.5 Å². The van der Waals surface area contributed by atoms with Crippen LogP contribution in [0.5, 0.6) is 5.75 Å². The Morgan fingerprint density at radius 1 is 1.33 bits per heavy atom. The van der Waals surface area contributed by atoms with Crippen molar-refractivity contribution in [3.05, 3.63) is 48.5 Å². The Hall–Kier alpha value is -0.360. The summed E-state index contributed by atoms with van der Waals surface area (Å²) in [6.45, 7) is 0.761. The van der Waals surface area contributed by atoms with Gasteiger partial charge in [-0.1, -0.05) is 18.2 Å². The lowest BCUT2D eigenvalue weighted by Gasteiger charge is -2.14. The Bertz CT molecular complexity index is 577. The molecule has 0 saturated carbocycles. The fourth-order valence-corrected chi connectivity index (χ4v) is 4.27. The van der Waals surface area contributed by atoms with Gasteiger partial charge in [-0.05, 0) is 43.5 Å². The molecule has 0 fully saturated rings. The first-order valence-electron chi connectivity index (χ1n) is 5.61. The van der Waals surface area contributed by atoms with Crippen molar-refractivity contribution in [1.29, 1.82) is 0 Å². The molecule has 2 heterocycles. The average molecular weight is 389 g/mol. The number of benzene rings is 1. The van der Waals surface area contributed by atoms with Crippen LogP contribution >= 0.6 is 43.2 Å². The van der Waals surface area contributed by atoms with E-state index in [1.54, 1.807) is 11.3 Å². The highest BCUT2D eigenvalue weighted by atomic mass is 79.9. The minimum atomic E-state index is -0.134. The number of rotatable bonds is 2. The first kappa shape index (κ1) is 12.7. The van der Waals surface area contributed by atoms with Gasteiger partial charge in [0.2, 0.25) is 0 Å². The molecular formula is C13H11Br2NOS. The minimum Gasteiger partial charge on any atom is -0.493 e.